The standard InChI is InChI=1S/C15H31N3O/c1-12-4-6-13(7-5-12)8-10-17-11-9-15(2,3)14(16)18-19/h12-13,17,19H,4-11H2,1-3H3,(H2,16,18). The highest BCUT2D eigenvalue weighted by Crippen LogP contribution is 2.29. The van der Waals surface area contributed by atoms with Gasteiger partial charge < -0.3 is 16.3 Å². The molecule has 4 N–H and O–H groups in total. The molecule has 1 aliphatic rings. The molecule has 0 bridgehead atoms. The van der Waals surface area contributed by atoms with E-state index in [2.05, 4.69) is 17.4 Å². The van der Waals surface area contributed by atoms with E-state index in [1.165, 1.54) is 32.1 Å². The molecule has 0 aromatic carbocycles. The summed E-state index contributed by atoms with van der Waals surface area (Å²) in [5.74, 6) is 2.17. The van der Waals surface area contributed by atoms with Crippen molar-refractivity contribution in [2.24, 2.45) is 28.1 Å². The lowest BCUT2D eigenvalue weighted by atomic mass is 9.81. The Morgan fingerprint density at radius 2 is 1.89 bits per heavy atom. The molecule has 1 rings (SSSR count). The number of nitrogens with one attached hydrogen (secondary N) is 1. The topological polar surface area (TPSA) is 70.6 Å². The zero-order chi connectivity index (χ0) is 14.3. The number of hydrogen-bond acceptors (Lipinski definition) is 3. The normalized spacial score (nSPS) is 25.5. The number of rotatable bonds is 7. The van der Waals surface area contributed by atoms with Gasteiger partial charge in [-0.2, -0.15) is 0 Å². The summed E-state index contributed by atoms with van der Waals surface area (Å²) in [6.45, 7) is 8.39. The lowest BCUT2D eigenvalue weighted by Gasteiger charge is -2.26. The maximum absolute atomic E-state index is 8.71. The highest BCUT2D eigenvalue weighted by atomic mass is 16.4. The minimum atomic E-state index is -0.234. The third-order valence-corrected chi connectivity index (χ3v) is 4.59. The van der Waals surface area contributed by atoms with Crippen molar-refractivity contribution in [3.05, 3.63) is 0 Å². The van der Waals surface area contributed by atoms with Gasteiger partial charge in [0.25, 0.3) is 0 Å². The summed E-state index contributed by atoms with van der Waals surface area (Å²) in [5.41, 5.74) is 5.43. The molecule has 0 saturated heterocycles. The van der Waals surface area contributed by atoms with Crippen LogP contribution in [0.25, 0.3) is 0 Å². The number of amidine groups is 1. The molecular weight excluding hydrogens is 238 g/mol. The summed E-state index contributed by atoms with van der Waals surface area (Å²) in [7, 11) is 0. The summed E-state index contributed by atoms with van der Waals surface area (Å²) in [4.78, 5) is 0. The Balaban J connectivity index is 2.08. The zero-order valence-electron chi connectivity index (χ0n) is 12.8. The highest BCUT2D eigenvalue weighted by molar-refractivity contribution is 5.85. The summed E-state index contributed by atoms with van der Waals surface area (Å²) in [6.07, 6.45) is 7.79. The Morgan fingerprint density at radius 3 is 2.47 bits per heavy atom. The van der Waals surface area contributed by atoms with Crippen molar-refractivity contribution in [1.82, 2.24) is 5.32 Å². The molecule has 4 heteroatoms. The Labute approximate surface area is 117 Å². The summed E-state index contributed by atoms with van der Waals surface area (Å²) in [5, 5.41) is 15.3. The fourth-order valence-electron chi connectivity index (χ4n) is 2.71. The average molecular weight is 269 g/mol. The molecule has 0 radical (unpaired) electrons. The van der Waals surface area contributed by atoms with Gasteiger partial charge >= 0.3 is 0 Å². The fraction of sp³-hybridized carbons (Fsp3) is 0.933. The van der Waals surface area contributed by atoms with E-state index in [0.29, 0.717) is 5.84 Å². The third kappa shape index (κ3) is 5.81. The second-order valence-corrected chi connectivity index (χ2v) is 6.78. The molecule has 1 saturated carbocycles. The van der Waals surface area contributed by atoms with E-state index >= 15 is 0 Å². The lowest BCUT2D eigenvalue weighted by Crippen LogP contribution is -2.35. The van der Waals surface area contributed by atoms with Crippen molar-refractivity contribution in [2.45, 2.75) is 59.3 Å². The molecule has 0 heterocycles. The maximum atomic E-state index is 8.71. The highest BCUT2D eigenvalue weighted by Gasteiger charge is 2.23. The first-order chi connectivity index (χ1) is 8.95. The van der Waals surface area contributed by atoms with Gasteiger partial charge in [0.1, 0.15) is 5.84 Å². The SMILES string of the molecule is CC1CCC(CCNCCC(C)(C)C(N)=NO)CC1. The summed E-state index contributed by atoms with van der Waals surface area (Å²) < 4.78 is 0. The van der Waals surface area contributed by atoms with Crippen molar-refractivity contribution in [3.8, 4) is 0 Å². The van der Waals surface area contributed by atoms with Gasteiger partial charge in [0.2, 0.25) is 0 Å². The van der Waals surface area contributed by atoms with E-state index in [-0.39, 0.29) is 5.41 Å². The van der Waals surface area contributed by atoms with E-state index in [9.17, 15) is 0 Å². The molecule has 112 valence electrons. The molecule has 0 amide bonds. The predicted octanol–water partition coefficient (Wildman–Crippen LogP) is 2.96. The van der Waals surface area contributed by atoms with Crippen LogP contribution in [0.2, 0.25) is 0 Å². The average Bonchev–Trinajstić information content (AvgIpc) is 2.39. The first-order valence-corrected chi connectivity index (χ1v) is 7.64. The largest absolute Gasteiger partial charge is 0.409 e. The van der Waals surface area contributed by atoms with Crippen LogP contribution in [-0.2, 0) is 0 Å². The van der Waals surface area contributed by atoms with Crippen molar-refractivity contribution >= 4 is 5.84 Å². The first-order valence-electron chi connectivity index (χ1n) is 7.64. The Hall–Kier alpha value is -0.770. The van der Waals surface area contributed by atoms with Gasteiger partial charge in [-0.15, -0.1) is 0 Å². The molecular formula is C15H31N3O. The first kappa shape index (κ1) is 16.3. The van der Waals surface area contributed by atoms with Crippen LogP contribution in [0, 0.1) is 17.3 Å². The second-order valence-electron chi connectivity index (χ2n) is 6.78. The number of oxime groups is 1. The monoisotopic (exact) mass is 269 g/mol. The summed E-state index contributed by atoms with van der Waals surface area (Å²) in [6, 6.07) is 0. The van der Waals surface area contributed by atoms with Gasteiger partial charge in [0.15, 0.2) is 0 Å². The molecule has 0 unspecified atom stereocenters. The third-order valence-electron chi connectivity index (χ3n) is 4.59. The molecule has 1 aliphatic carbocycles. The van der Waals surface area contributed by atoms with Crippen LogP contribution in [0.4, 0.5) is 0 Å². The number of nitrogens with zero attached hydrogens (tertiary/aromatic N) is 1. The Kier molecular flexibility index (Phi) is 6.63. The van der Waals surface area contributed by atoms with Crippen molar-refractivity contribution in [1.29, 1.82) is 0 Å². The second kappa shape index (κ2) is 7.73. The van der Waals surface area contributed by atoms with Gasteiger partial charge in [-0.05, 0) is 37.8 Å². The molecule has 0 aromatic rings. The van der Waals surface area contributed by atoms with Crippen LogP contribution in [-0.4, -0.2) is 24.1 Å². The van der Waals surface area contributed by atoms with Crippen LogP contribution in [0.15, 0.2) is 5.16 Å². The van der Waals surface area contributed by atoms with Crippen molar-refractivity contribution in [2.75, 3.05) is 13.1 Å². The minimum absolute atomic E-state index is 0.234. The number of hydrogen-bond donors (Lipinski definition) is 3. The van der Waals surface area contributed by atoms with E-state index in [1.54, 1.807) is 0 Å². The number of nitrogens with two attached hydrogens (primary N) is 1. The van der Waals surface area contributed by atoms with Gasteiger partial charge in [-0.3, -0.25) is 0 Å². The summed E-state index contributed by atoms with van der Waals surface area (Å²) >= 11 is 0. The van der Waals surface area contributed by atoms with Crippen LogP contribution in [0.5, 0.6) is 0 Å². The Bertz CT molecular complexity index is 281. The van der Waals surface area contributed by atoms with Gasteiger partial charge in [0.05, 0.1) is 0 Å². The van der Waals surface area contributed by atoms with Crippen molar-refractivity contribution < 1.29 is 5.21 Å². The molecule has 0 spiro atoms. The van der Waals surface area contributed by atoms with Crippen LogP contribution in [0.1, 0.15) is 59.3 Å². The van der Waals surface area contributed by atoms with Crippen LogP contribution >= 0.6 is 0 Å². The predicted molar refractivity (Wildman–Crippen MR) is 80.4 cm³/mol. The van der Waals surface area contributed by atoms with Gasteiger partial charge in [0, 0.05) is 5.41 Å². The zero-order valence-corrected chi connectivity index (χ0v) is 12.8. The van der Waals surface area contributed by atoms with E-state index in [0.717, 1.165) is 31.3 Å². The molecule has 19 heavy (non-hydrogen) atoms. The maximum Gasteiger partial charge on any atom is 0.144 e. The molecule has 4 nitrogen and oxygen atoms in total. The molecule has 0 atom stereocenters. The smallest absolute Gasteiger partial charge is 0.144 e. The van der Waals surface area contributed by atoms with E-state index in [1.807, 2.05) is 13.8 Å². The van der Waals surface area contributed by atoms with Gasteiger partial charge in [-0.1, -0.05) is 51.6 Å². The molecule has 1 fully saturated rings. The fourth-order valence-corrected chi connectivity index (χ4v) is 2.71. The van der Waals surface area contributed by atoms with Crippen molar-refractivity contribution in [3.63, 3.8) is 0 Å². The molecule has 0 aromatic heterocycles. The van der Waals surface area contributed by atoms with E-state index in [4.69, 9.17) is 10.9 Å². The lowest BCUT2D eigenvalue weighted by molar-refractivity contribution is 0.274. The van der Waals surface area contributed by atoms with Crippen LogP contribution in [0.3, 0.4) is 0 Å². The molecule has 0 aliphatic heterocycles. The quantitative estimate of drug-likeness (QED) is 0.219. The minimum Gasteiger partial charge on any atom is -0.409 e. The van der Waals surface area contributed by atoms with Gasteiger partial charge in [-0.25, -0.2) is 0 Å². The van der Waals surface area contributed by atoms with E-state index < -0.39 is 0 Å². The Morgan fingerprint density at radius 1 is 1.26 bits per heavy atom. The van der Waals surface area contributed by atoms with Crippen LogP contribution < -0.4 is 11.1 Å².